The molecule has 0 aliphatic carbocycles. The third-order valence-corrected chi connectivity index (χ3v) is 2.59. The van der Waals surface area contributed by atoms with Crippen molar-refractivity contribution in [2.75, 3.05) is 13.1 Å². The summed E-state index contributed by atoms with van der Waals surface area (Å²) < 4.78 is 5.10. The topological polar surface area (TPSA) is 25.2 Å². The zero-order chi connectivity index (χ0) is 11.1. The number of rotatable bonds is 7. The Labute approximate surface area is 93.1 Å². The van der Waals surface area contributed by atoms with Crippen molar-refractivity contribution in [1.29, 1.82) is 0 Å². The van der Waals surface area contributed by atoms with Gasteiger partial charge in [0.15, 0.2) is 0 Å². The molecule has 0 aromatic carbocycles. The van der Waals surface area contributed by atoms with Crippen LogP contribution >= 0.6 is 0 Å². The van der Waals surface area contributed by atoms with Crippen molar-refractivity contribution in [2.24, 2.45) is 11.8 Å². The lowest BCUT2D eigenvalue weighted by Gasteiger charge is -2.18. The van der Waals surface area contributed by atoms with Gasteiger partial charge in [0.25, 0.3) is 0 Å². The molecule has 0 saturated carbocycles. The summed E-state index contributed by atoms with van der Waals surface area (Å²) in [7, 11) is 0. The summed E-state index contributed by atoms with van der Waals surface area (Å²) >= 11 is 0. The summed E-state index contributed by atoms with van der Waals surface area (Å²) in [6.07, 6.45) is 6.02. The predicted molar refractivity (Wildman–Crippen MR) is 63.9 cm³/mol. The van der Waals surface area contributed by atoms with Crippen LogP contribution in [0.5, 0.6) is 0 Å². The van der Waals surface area contributed by atoms with E-state index in [1.54, 1.807) is 6.26 Å². The summed E-state index contributed by atoms with van der Waals surface area (Å²) in [4.78, 5) is 0. The van der Waals surface area contributed by atoms with Crippen LogP contribution in [0.4, 0.5) is 0 Å². The zero-order valence-electron chi connectivity index (χ0n) is 10.1. The molecule has 0 spiro atoms. The van der Waals surface area contributed by atoms with E-state index in [1.807, 2.05) is 6.26 Å². The van der Waals surface area contributed by atoms with Crippen LogP contribution < -0.4 is 5.32 Å². The van der Waals surface area contributed by atoms with Crippen molar-refractivity contribution in [1.82, 2.24) is 5.32 Å². The second-order valence-corrected chi connectivity index (χ2v) is 4.64. The Kier molecular flexibility index (Phi) is 5.48. The van der Waals surface area contributed by atoms with Gasteiger partial charge in [-0.05, 0) is 49.4 Å². The van der Waals surface area contributed by atoms with Crippen LogP contribution in [0, 0.1) is 11.8 Å². The first-order chi connectivity index (χ1) is 7.22. The molecule has 0 aliphatic heterocycles. The first-order valence-corrected chi connectivity index (χ1v) is 5.94. The highest BCUT2D eigenvalue weighted by Crippen LogP contribution is 2.17. The van der Waals surface area contributed by atoms with E-state index in [1.165, 1.54) is 12.0 Å². The molecule has 2 nitrogen and oxygen atoms in total. The minimum atomic E-state index is 0.725. The molecule has 1 heterocycles. The van der Waals surface area contributed by atoms with E-state index >= 15 is 0 Å². The van der Waals surface area contributed by atoms with Gasteiger partial charge in [-0.2, -0.15) is 0 Å². The lowest BCUT2D eigenvalue weighted by molar-refractivity contribution is 0.387. The van der Waals surface area contributed by atoms with Crippen molar-refractivity contribution in [3.8, 4) is 0 Å². The Balaban J connectivity index is 2.41. The molecule has 86 valence electrons. The van der Waals surface area contributed by atoms with Crippen LogP contribution in [-0.2, 0) is 6.42 Å². The van der Waals surface area contributed by atoms with E-state index in [2.05, 4.69) is 32.2 Å². The molecule has 1 N–H and O–H groups in total. The van der Waals surface area contributed by atoms with Crippen molar-refractivity contribution < 1.29 is 4.42 Å². The maximum atomic E-state index is 5.10. The third kappa shape index (κ3) is 5.03. The average Bonchev–Trinajstić information content (AvgIpc) is 2.66. The minimum absolute atomic E-state index is 0.725. The molecule has 0 fully saturated rings. The van der Waals surface area contributed by atoms with Crippen LogP contribution in [0.1, 0.15) is 32.8 Å². The van der Waals surface area contributed by atoms with Crippen molar-refractivity contribution in [3.63, 3.8) is 0 Å². The fourth-order valence-electron chi connectivity index (χ4n) is 2.00. The van der Waals surface area contributed by atoms with E-state index in [9.17, 15) is 0 Å². The molecular weight excluding hydrogens is 186 g/mol. The van der Waals surface area contributed by atoms with E-state index in [0.717, 1.165) is 31.3 Å². The lowest BCUT2D eigenvalue weighted by atomic mass is 9.92. The van der Waals surface area contributed by atoms with Gasteiger partial charge in [-0.1, -0.05) is 20.8 Å². The fourth-order valence-corrected chi connectivity index (χ4v) is 2.00. The number of hydrogen-bond donors (Lipinski definition) is 1. The summed E-state index contributed by atoms with van der Waals surface area (Å²) in [5.74, 6) is 1.49. The van der Waals surface area contributed by atoms with Crippen LogP contribution in [0.25, 0.3) is 0 Å². The van der Waals surface area contributed by atoms with Gasteiger partial charge in [0, 0.05) is 0 Å². The molecule has 1 unspecified atom stereocenters. The first-order valence-electron chi connectivity index (χ1n) is 5.94. The van der Waals surface area contributed by atoms with Gasteiger partial charge in [0.2, 0.25) is 0 Å². The second kappa shape index (κ2) is 6.67. The Bertz CT molecular complexity index is 241. The smallest absolute Gasteiger partial charge is 0.0934 e. The maximum Gasteiger partial charge on any atom is 0.0934 e. The number of nitrogens with one attached hydrogen (secondary N) is 1. The molecule has 0 aliphatic rings. The van der Waals surface area contributed by atoms with Crippen molar-refractivity contribution in [2.45, 2.75) is 33.6 Å². The van der Waals surface area contributed by atoms with Gasteiger partial charge < -0.3 is 9.73 Å². The molecule has 1 aromatic rings. The molecule has 1 aromatic heterocycles. The Morgan fingerprint density at radius 3 is 2.73 bits per heavy atom. The van der Waals surface area contributed by atoms with Gasteiger partial charge in [-0.25, -0.2) is 0 Å². The van der Waals surface area contributed by atoms with Gasteiger partial charge in [-0.15, -0.1) is 0 Å². The average molecular weight is 209 g/mol. The normalized spacial score (nSPS) is 13.3. The fraction of sp³-hybridized carbons (Fsp3) is 0.692. The summed E-state index contributed by atoms with van der Waals surface area (Å²) in [5, 5.41) is 3.44. The minimum Gasteiger partial charge on any atom is -0.472 e. The summed E-state index contributed by atoms with van der Waals surface area (Å²) in [6.45, 7) is 8.90. The van der Waals surface area contributed by atoms with Crippen LogP contribution in [-0.4, -0.2) is 13.1 Å². The van der Waals surface area contributed by atoms with E-state index in [0.29, 0.717) is 0 Å². The van der Waals surface area contributed by atoms with Gasteiger partial charge in [0.1, 0.15) is 0 Å². The van der Waals surface area contributed by atoms with E-state index < -0.39 is 0 Å². The van der Waals surface area contributed by atoms with Crippen LogP contribution in [0.15, 0.2) is 23.0 Å². The van der Waals surface area contributed by atoms with Gasteiger partial charge >= 0.3 is 0 Å². The standard InChI is InChI=1S/C13H23NO/c1-4-14-9-13(7-11(2)3)8-12-5-6-15-10-12/h5-6,10-11,13-14H,4,7-9H2,1-3H3. The van der Waals surface area contributed by atoms with Crippen LogP contribution in [0.3, 0.4) is 0 Å². The number of furan rings is 1. The highest BCUT2D eigenvalue weighted by molar-refractivity contribution is 5.06. The summed E-state index contributed by atoms with van der Waals surface area (Å²) in [6, 6.07) is 2.07. The monoisotopic (exact) mass is 209 g/mol. The zero-order valence-corrected chi connectivity index (χ0v) is 10.1. The predicted octanol–water partition coefficient (Wildman–Crippen LogP) is 3.09. The molecule has 15 heavy (non-hydrogen) atoms. The van der Waals surface area contributed by atoms with E-state index in [4.69, 9.17) is 4.42 Å². The third-order valence-electron chi connectivity index (χ3n) is 2.59. The molecule has 1 atom stereocenters. The van der Waals surface area contributed by atoms with Gasteiger partial charge in [0.05, 0.1) is 12.5 Å². The molecule has 0 bridgehead atoms. The maximum absolute atomic E-state index is 5.10. The Morgan fingerprint density at radius 2 is 2.20 bits per heavy atom. The Hall–Kier alpha value is -0.760. The second-order valence-electron chi connectivity index (χ2n) is 4.64. The highest BCUT2D eigenvalue weighted by atomic mass is 16.3. The molecule has 0 amide bonds. The molecule has 0 radical (unpaired) electrons. The molecule has 0 saturated heterocycles. The van der Waals surface area contributed by atoms with Crippen molar-refractivity contribution >= 4 is 0 Å². The summed E-state index contributed by atoms with van der Waals surface area (Å²) in [5.41, 5.74) is 1.32. The SMILES string of the molecule is CCNCC(Cc1ccoc1)CC(C)C. The largest absolute Gasteiger partial charge is 0.472 e. The van der Waals surface area contributed by atoms with Gasteiger partial charge in [-0.3, -0.25) is 0 Å². The highest BCUT2D eigenvalue weighted by Gasteiger charge is 2.11. The molecular formula is C13H23NO. The quantitative estimate of drug-likeness (QED) is 0.746. The lowest BCUT2D eigenvalue weighted by Crippen LogP contribution is -2.25. The molecule has 2 heteroatoms. The van der Waals surface area contributed by atoms with E-state index in [-0.39, 0.29) is 0 Å². The Morgan fingerprint density at radius 1 is 1.40 bits per heavy atom. The number of hydrogen-bond acceptors (Lipinski definition) is 2. The van der Waals surface area contributed by atoms with Crippen molar-refractivity contribution in [3.05, 3.63) is 24.2 Å². The molecule has 1 rings (SSSR count). The first kappa shape index (κ1) is 12.3. The van der Waals surface area contributed by atoms with Crippen LogP contribution in [0.2, 0.25) is 0 Å².